The maximum atomic E-state index is 5.74. The van der Waals surface area contributed by atoms with Gasteiger partial charge in [0.2, 0.25) is 0 Å². The summed E-state index contributed by atoms with van der Waals surface area (Å²) in [6.07, 6.45) is 3.96. The van der Waals surface area contributed by atoms with E-state index in [9.17, 15) is 0 Å². The average molecular weight is 238 g/mol. The van der Waals surface area contributed by atoms with Crippen LogP contribution in [0.5, 0.6) is 11.5 Å². The summed E-state index contributed by atoms with van der Waals surface area (Å²) in [5.74, 6) is 1.70. The van der Waals surface area contributed by atoms with Gasteiger partial charge in [-0.05, 0) is 36.4 Å². The normalized spacial score (nSPS) is 13.4. The minimum Gasteiger partial charge on any atom is -0.457 e. The fraction of sp³-hybridized carbons (Fsp3) is 0.0667. The van der Waals surface area contributed by atoms with Crippen molar-refractivity contribution >= 4 is 5.69 Å². The van der Waals surface area contributed by atoms with E-state index in [1.807, 2.05) is 54.9 Å². The lowest BCUT2D eigenvalue weighted by molar-refractivity contribution is 0.482. The van der Waals surface area contributed by atoms with Crippen LogP contribution in [-0.4, -0.2) is 6.67 Å². The Morgan fingerprint density at radius 1 is 0.889 bits per heavy atom. The van der Waals surface area contributed by atoms with E-state index in [1.165, 1.54) is 0 Å². The predicted molar refractivity (Wildman–Crippen MR) is 72.6 cm³/mol. The summed E-state index contributed by atoms with van der Waals surface area (Å²) in [7, 11) is 0. The fourth-order valence-electron chi connectivity index (χ4n) is 1.85. The van der Waals surface area contributed by atoms with Gasteiger partial charge in [-0.3, -0.25) is 0 Å². The second-order valence-corrected chi connectivity index (χ2v) is 4.06. The quantitative estimate of drug-likeness (QED) is 0.887. The highest BCUT2D eigenvalue weighted by molar-refractivity contribution is 5.52. The first kappa shape index (κ1) is 10.7. The summed E-state index contributed by atoms with van der Waals surface area (Å²) in [5.41, 5.74) is 1.15. The summed E-state index contributed by atoms with van der Waals surface area (Å²) >= 11 is 0. The van der Waals surface area contributed by atoms with Crippen LogP contribution in [0.3, 0.4) is 0 Å². The molecule has 90 valence electrons. The van der Waals surface area contributed by atoms with Crippen molar-refractivity contribution in [2.24, 2.45) is 0 Å². The predicted octanol–water partition coefficient (Wildman–Crippen LogP) is 3.32. The van der Waals surface area contributed by atoms with Crippen molar-refractivity contribution in [3.8, 4) is 11.5 Å². The number of nitrogens with one attached hydrogen (secondary N) is 1. The smallest absolute Gasteiger partial charge is 0.127 e. The van der Waals surface area contributed by atoms with E-state index in [-0.39, 0.29) is 0 Å². The minimum absolute atomic E-state index is 0.818. The third kappa shape index (κ3) is 2.30. The molecule has 0 spiro atoms. The third-order valence-electron chi connectivity index (χ3n) is 2.78. The average Bonchev–Trinajstić information content (AvgIpc) is 2.95. The lowest BCUT2D eigenvalue weighted by Crippen LogP contribution is -2.19. The molecule has 1 heterocycles. The Hall–Kier alpha value is -2.42. The monoisotopic (exact) mass is 238 g/mol. The Bertz CT molecular complexity index is 534. The van der Waals surface area contributed by atoms with Gasteiger partial charge < -0.3 is 15.0 Å². The highest BCUT2D eigenvalue weighted by Crippen LogP contribution is 2.24. The first-order valence-electron chi connectivity index (χ1n) is 5.91. The molecule has 0 radical (unpaired) electrons. The van der Waals surface area contributed by atoms with E-state index in [0.717, 1.165) is 23.9 Å². The Balaban J connectivity index is 1.73. The number of rotatable bonds is 3. The molecule has 0 bridgehead atoms. The highest BCUT2D eigenvalue weighted by Gasteiger charge is 2.06. The molecule has 1 N–H and O–H groups in total. The topological polar surface area (TPSA) is 24.5 Å². The maximum absolute atomic E-state index is 5.74. The molecule has 0 aliphatic carbocycles. The summed E-state index contributed by atoms with van der Waals surface area (Å²) in [6.45, 7) is 0.818. The molecule has 0 atom stereocenters. The van der Waals surface area contributed by atoms with Gasteiger partial charge in [0.1, 0.15) is 11.5 Å². The lowest BCUT2D eigenvalue weighted by Gasteiger charge is -2.15. The zero-order valence-corrected chi connectivity index (χ0v) is 9.91. The summed E-state index contributed by atoms with van der Waals surface area (Å²) in [6, 6.07) is 17.9. The maximum Gasteiger partial charge on any atom is 0.127 e. The van der Waals surface area contributed by atoms with E-state index in [4.69, 9.17) is 4.74 Å². The standard InChI is InChI=1S/C15H14N2O/c1-2-4-14(5-3-1)18-15-8-6-13(7-9-15)17-11-10-16-12-17/h1-11,16H,12H2. The van der Waals surface area contributed by atoms with Crippen LogP contribution >= 0.6 is 0 Å². The van der Waals surface area contributed by atoms with Gasteiger partial charge >= 0.3 is 0 Å². The lowest BCUT2D eigenvalue weighted by atomic mass is 10.3. The summed E-state index contributed by atoms with van der Waals surface area (Å²) in [4.78, 5) is 2.13. The van der Waals surface area contributed by atoms with Crippen molar-refractivity contribution in [2.45, 2.75) is 0 Å². The van der Waals surface area contributed by atoms with E-state index in [2.05, 4.69) is 22.3 Å². The molecular formula is C15H14N2O. The van der Waals surface area contributed by atoms with Gasteiger partial charge in [-0.15, -0.1) is 0 Å². The number of hydrogen-bond donors (Lipinski definition) is 1. The van der Waals surface area contributed by atoms with Crippen LogP contribution in [-0.2, 0) is 0 Å². The van der Waals surface area contributed by atoms with Crippen molar-refractivity contribution in [3.05, 3.63) is 67.0 Å². The first-order chi connectivity index (χ1) is 8.92. The van der Waals surface area contributed by atoms with E-state index >= 15 is 0 Å². The van der Waals surface area contributed by atoms with Gasteiger partial charge in [-0.1, -0.05) is 18.2 Å². The second kappa shape index (κ2) is 4.84. The molecule has 0 saturated heterocycles. The van der Waals surface area contributed by atoms with E-state index in [1.54, 1.807) is 0 Å². The molecule has 0 unspecified atom stereocenters. The molecule has 0 saturated carbocycles. The molecule has 0 aromatic heterocycles. The number of para-hydroxylation sites is 1. The molecule has 1 aliphatic rings. The molecule has 2 aromatic rings. The van der Waals surface area contributed by atoms with Crippen molar-refractivity contribution < 1.29 is 4.74 Å². The zero-order chi connectivity index (χ0) is 12.2. The van der Waals surface area contributed by atoms with Crippen molar-refractivity contribution in [3.63, 3.8) is 0 Å². The Kier molecular flexibility index (Phi) is 2.88. The first-order valence-corrected chi connectivity index (χ1v) is 5.91. The summed E-state index contributed by atoms with van der Waals surface area (Å²) in [5, 5.41) is 3.14. The molecule has 3 heteroatoms. The highest BCUT2D eigenvalue weighted by atomic mass is 16.5. The molecule has 0 fully saturated rings. The number of hydrogen-bond acceptors (Lipinski definition) is 3. The number of nitrogens with zero attached hydrogens (tertiary/aromatic N) is 1. The van der Waals surface area contributed by atoms with Crippen molar-refractivity contribution in [1.29, 1.82) is 0 Å². The number of ether oxygens (including phenoxy) is 1. The van der Waals surface area contributed by atoms with Gasteiger partial charge in [0.15, 0.2) is 0 Å². The minimum atomic E-state index is 0.818. The molecule has 3 nitrogen and oxygen atoms in total. The Morgan fingerprint density at radius 3 is 2.28 bits per heavy atom. The van der Waals surface area contributed by atoms with Gasteiger partial charge in [0, 0.05) is 18.1 Å². The summed E-state index contributed by atoms with van der Waals surface area (Å²) < 4.78 is 5.74. The SMILES string of the molecule is C1=CN(c2ccc(Oc3ccccc3)cc2)CN1. The zero-order valence-electron chi connectivity index (χ0n) is 9.91. The number of benzene rings is 2. The van der Waals surface area contributed by atoms with Gasteiger partial charge in [-0.25, -0.2) is 0 Å². The van der Waals surface area contributed by atoms with Crippen LogP contribution in [0, 0.1) is 0 Å². The van der Waals surface area contributed by atoms with Crippen LogP contribution in [0.25, 0.3) is 0 Å². The Morgan fingerprint density at radius 2 is 1.61 bits per heavy atom. The van der Waals surface area contributed by atoms with Crippen LogP contribution in [0.15, 0.2) is 67.0 Å². The fourth-order valence-corrected chi connectivity index (χ4v) is 1.85. The molecule has 1 aliphatic heterocycles. The van der Waals surface area contributed by atoms with Crippen molar-refractivity contribution in [2.75, 3.05) is 11.6 Å². The largest absolute Gasteiger partial charge is 0.457 e. The molecule has 0 amide bonds. The van der Waals surface area contributed by atoms with Crippen LogP contribution < -0.4 is 15.0 Å². The van der Waals surface area contributed by atoms with Gasteiger partial charge in [-0.2, -0.15) is 0 Å². The van der Waals surface area contributed by atoms with Crippen LogP contribution in [0.1, 0.15) is 0 Å². The third-order valence-corrected chi connectivity index (χ3v) is 2.78. The van der Waals surface area contributed by atoms with Crippen molar-refractivity contribution in [1.82, 2.24) is 5.32 Å². The molecular weight excluding hydrogens is 224 g/mol. The van der Waals surface area contributed by atoms with Gasteiger partial charge in [0.25, 0.3) is 0 Å². The van der Waals surface area contributed by atoms with Crippen LogP contribution in [0.4, 0.5) is 5.69 Å². The molecule has 2 aromatic carbocycles. The molecule has 3 rings (SSSR count). The van der Waals surface area contributed by atoms with E-state index in [0.29, 0.717) is 0 Å². The number of anilines is 1. The Labute approximate surface area is 106 Å². The van der Waals surface area contributed by atoms with E-state index < -0.39 is 0 Å². The molecule has 18 heavy (non-hydrogen) atoms. The van der Waals surface area contributed by atoms with Crippen LogP contribution in [0.2, 0.25) is 0 Å². The van der Waals surface area contributed by atoms with Gasteiger partial charge in [0.05, 0.1) is 6.67 Å². The second-order valence-electron chi connectivity index (χ2n) is 4.06.